The van der Waals surface area contributed by atoms with E-state index >= 15 is 0 Å². The molecule has 0 aromatic heterocycles. The molecule has 1 fully saturated rings. The molecule has 0 bridgehead atoms. The Balaban J connectivity index is 1.93. The van der Waals surface area contributed by atoms with E-state index in [0.29, 0.717) is 6.54 Å². The molecule has 1 aliphatic heterocycles. The normalized spacial score (nSPS) is 16.4. The van der Waals surface area contributed by atoms with Gasteiger partial charge in [0.25, 0.3) is 0 Å². The van der Waals surface area contributed by atoms with Gasteiger partial charge in [-0.2, -0.15) is 0 Å². The van der Waals surface area contributed by atoms with Crippen molar-refractivity contribution in [2.45, 2.75) is 6.42 Å². The highest BCUT2D eigenvalue weighted by molar-refractivity contribution is 8.00. The number of amides is 1. The Bertz CT molecular complexity index is 270. The Morgan fingerprint density at radius 1 is 1.28 bits per heavy atom. The summed E-state index contributed by atoms with van der Waals surface area (Å²) in [5.41, 5.74) is 0. The molecule has 0 aromatic rings. The molecule has 104 valence electrons. The van der Waals surface area contributed by atoms with Crippen LogP contribution in [0, 0.1) is 0 Å². The summed E-state index contributed by atoms with van der Waals surface area (Å²) in [6.07, 6.45) is 0.912. The maximum atomic E-state index is 11.3. The first-order valence-electron chi connectivity index (χ1n) is 6.05. The van der Waals surface area contributed by atoms with Gasteiger partial charge in [-0.15, -0.1) is 11.8 Å². The number of carbonyl (C=O) groups is 2. The van der Waals surface area contributed by atoms with Crippen molar-refractivity contribution in [2.24, 2.45) is 0 Å². The van der Waals surface area contributed by atoms with Crippen molar-refractivity contribution in [3.05, 3.63) is 0 Å². The zero-order valence-electron chi connectivity index (χ0n) is 10.4. The SMILES string of the molecule is O=C(O)CSCC(=O)NCCCN1CCOCC1. The number of carbonyl (C=O) groups excluding carboxylic acids is 1. The van der Waals surface area contributed by atoms with Gasteiger partial charge in [-0.25, -0.2) is 0 Å². The molecule has 1 heterocycles. The van der Waals surface area contributed by atoms with Crippen LogP contribution in [-0.2, 0) is 14.3 Å². The number of carboxylic acid groups (broad SMARTS) is 1. The van der Waals surface area contributed by atoms with E-state index in [1.807, 2.05) is 0 Å². The lowest BCUT2D eigenvalue weighted by molar-refractivity contribution is -0.133. The highest BCUT2D eigenvalue weighted by Gasteiger charge is 2.09. The van der Waals surface area contributed by atoms with E-state index < -0.39 is 5.97 Å². The number of hydrogen-bond donors (Lipinski definition) is 2. The van der Waals surface area contributed by atoms with Gasteiger partial charge in [-0.3, -0.25) is 14.5 Å². The number of ether oxygens (including phenoxy) is 1. The van der Waals surface area contributed by atoms with Crippen LogP contribution < -0.4 is 5.32 Å². The maximum Gasteiger partial charge on any atom is 0.313 e. The molecule has 18 heavy (non-hydrogen) atoms. The number of morpholine rings is 1. The second kappa shape index (κ2) is 9.18. The van der Waals surface area contributed by atoms with Gasteiger partial charge in [0.1, 0.15) is 0 Å². The van der Waals surface area contributed by atoms with E-state index in [9.17, 15) is 9.59 Å². The monoisotopic (exact) mass is 276 g/mol. The standard InChI is InChI=1S/C11H20N2O4S/c14-10(8-18-9-11(15)16)12-2-1-3-13-4-6-17-7-5-13/h1-9H2,(H,12,14)(H,15,16). The van der Waals surface area contributed by atoms with Crippen LogP contribution in [0.15, 0.2) is 0 Å². The summed E-state index contributed by atoms with van der Waals surface area (Å²) >= 11 is 1.12. The highest BCUT2D eigenvalue weighted by atomic mass is 32.2. The van der Waals surface area contributed by atoms with Crippen LogP contribution in [0.25, 0.3) is 0 Å². The Morgan fingerprint density at radius 3 is 2.67 bits per heavy atom. The third kappa shape index (κ3) is 7.52. The zero-order chi connectivity index (χ0) is 13.2. The van der Waals surface area contributed by atoms with Crippen LogP contribution in [0.4, 0.5) is 0 Å². The molecule has 1 amide bonds. The van der Waals surface area contributed by atoms with Crippen LogP contribution in [0.1, 0.15) is 6.42 Å². The first-order valence-corrected chi connectivity index (χ1v) is 7.20. The average molecular weight is 276 g/mol. The first kappa shape index (κ1) is 15.3. The summed E-state index contributed by atoms with van der Waals surface area (Å²) in [5.74, 6) is -0.797. The third-order valence-electron chi connectivity index (χ3n) is 2.54. The minimum atomic E-state index is -0.889. The Labute approximate surface area is 111 Å². The summed E-state index contributed by atoms with van der Waals surface area (Å²) in [6.45, 7) is 5.11. The minimum absolute atomic E-state index is 0.0266. The number of carboxylic acids is 1. The highest BCUT2D eigenvalue weighted by Crippen LogP contribution is 1.99. The van der Waals surface area contributed by atoms with E-state index in [2.05, 4.69) is 10.2 Å². The van der Waals surface area contributed by atoms with Crippen LogP contribution in [-0.4, -0.2) is 72.8 Å². The van der Waals surface area contributed by atoms with Crippen molar-refractivity contribution in [1.29, 1.82) is 0 Å². The van der Waals surface area contributed by atoms with Gasteiger partial charge in [0, 0.05) is 19.6 Å². The van der Waals surface area contributed by atoms with E-state index in [-0.39, 0.29) is 17.4 Å². The zero-order valence-corrected chi connectivity index (χ0v) is 11.2. The van der Waals surface area contributed by atoms with E-state index in [4.69, 9.17) is 9.84 Å². The minimum Gasteiger partial charge on any atom is -0.481 e. The van der Waals surface area contributed by atoms with Gasteiger partial charge in [-0.05, 0) is 13.0 Å². The number of thioether (sulfide) groups is 1. The number of hydrogen-bond acceptors (Lipinski definition) is 5. The van der Waals surface area contributed by atoms with Crippen LogP contribution in [0.3, 0.4) is 0 Å². The predicted molar refractivity (Wildman–Crippen MR) is 69.8 cm³/mol. The third-order valence-corrected chi connectivity index (χ3v) is 3.45. The van der Waals surface area contributed by atoms with Crippen molar-refractivity contribution in [1.82, 2.24) is 10.2 Å². The second-order valence-corrected chi connectivity index (χ2v) is 5.03. The van der Waals surface area contributed by atoms with Gasteiger partial charge >= 0.3 is 5.97 Å². The lowest BCUT2D eigenvalue weighted by Crippen LogP contribution is -2.38. The molecular weight excluding hydrogens is 256 g/mol. The lowest BCUT2D eigenvalue weighted by atomic mass is 10.3. The predicted octanol–water partition coefficient (Wildman–Crippen LogP) is -0.357. The fourth-order valence-corrected chi connectivity index (χ4v) is 2.20. The molecule has 1 aliphatic rings. The fraction of sp³-hybridized carbons (Fsp3) is 0.818. The second-order valence-electron chi connectivity index (χ2n) is 4.04. The van der Waals surface area contributed by atoms with E-state index in [1.165, 1.54) is 0 Å². The number of aliphatic carboxylic acids is 1. The topological polar surface area (TPSA) is 78.9 Å². The molecule has 1 rings (SSSR count). The molecular formula is C11H20N2O4S. The molecule has 0 aliphatic carbocycles. The average Bonchev–Trinajstić information content (AvgIpc) is 2.35. The molecule has 7 heteroatoms. The molecule has 0 radical (unpaired) electrons. The first-order chi connectivity index (χ1) is 8.68. The van der Waals surface area contributed by atoms with Crippen LogP contribution in [0.5, 0.6) is 0 Å². The summed E-state index contributed by atoms with van der Waals surface area (Å²) in [7, 11) is 0. The summed E-state index contributed by atoms with van der Waals surface area (Å²) in [5, 5.41) is 11.2. The van der Waals surface area contributed by atoms with Crippen molar-refractivity contribution in [3.63, 3.8) is 0 Å². The van der Waals surface area contributed by atoms with Gasteiger partial charge in [-0.1, -0.05) is 0 Å². The van der Waals surface area contributed by atoms with E-state index in [0.717, 1.165) is 51.0 Å². The Morgan fingerprint density at radius 2 is 2.00 bits per heavy atom. The van der Waals surface area contributed by atoms with Crippen LogP contribution in [0.2, 0.25) is 0 Å². The molecule has 0 atom stereocenters. The van der Waals surface area contributed by atoms with Gasteiger partial charge in [0.05, 0.1) is 24.7 Å². The van der Waals surface area contributed by atoms with Crippen molar-refractivity contribution < 1.29 is 19.4 Å². The van der Waals surface area contributed by atoms with Crippen LogP contribution >= 0.6 is 11.8 Å². The van der Waals surface area contributed by atoms with Gasteiger partial charge in [0.15, 0.2) is 0 Å². The molecule has 0 saturated carbocycles. The summed E-state index contributed by atoms with van der Waals surface area (Å²) in [6, 6.07) is 0. The molecule has 0 spiro atoms. The smallest absolute Gasteiger partial charge is 0.313 e. The molecule has 6 nitrogen and oxygen atoms in total. The quantitative estimate of drug-likeness (QED) is 0.590. The van der Waals surface area contributed by atoms with Crippen molar-refractivity contribution >= 4 is 23.6 Å². The van der Waals surface area contributed by atoms with Gasteiger partial charge in [0.2, 0.25) is 5.91 Å². The lowest BCUT2D eigenvalue weighted by Gasteiger charge is -2.26. The summed E-state index contributed by atoms with van der Waals surface area (Å²) < 4.78 is 5.25. The summed E-state index contributed by atoms with van der Waals surface area (Å²) in [4.78, 5) is 23.9. The molecule has 1 saturated heterocycles. The van der Waals surface area contributed by atoms with Crippen molar-refractivity contribution in [2.75, 3.05) is 50.9 Å². The number of rotatable bonds is 8. The van der Waals surface area contributed by atoms with Crippen molar-refractivity contribution in [3.8, 4) is 0 Å². The molecule has 0 unspecified atom stereocenters. The van der Waals surface area contributed by atoms with E-state index in [1.54, 1.807) is 0 Å². The maximum absolute atomic E-state index is 11.3. The molecule has 2 N–H and O–H groups in total. The number of nitrogens with zero attached hydrogens (tertiary/aromatic N) is 1. The Hall–Kier alpha value is -0.790. The van der Waals surface area contributed by atoms with Gasteiger partial charge < -0.3 is 15.2 Å². The molecule has 0 aromatic carbocycles. The number of nitrogens with one attached hydrogen (secondary N) is 1. The Kier molecular flexibility index (Phi) is 7.79. The largest absolute Gasteiger partial charge is 0.481 e. The fourth-order valence-electron chi connectivity index (χ4n) is 1.64.